The van der Waals surface area contributed by atoms with Gasteiger partial charge in [-0.15, -0.1) is 0 Å². The highest BCUT2D eigenvalue weighted by molar-refractivity contribution is 5.50. The first-order chi connectivity index (χ1) is 8.80. The van der Waals surface area contributed by atoms with Crippen LogP contribution in [0.15, 0.2) is 30.2 Å². The van der Waals surface area contributed by atoms with Crippen molar-refractivity contribution in [1.82, 2.24) is 0 Å². The Kier molecular flexibility index (Phi) is 1.70. The lowest BCUT2D eigenvalue weighted by Crippen LogP contribution is -2.52. The molecular weight excluding hydrogens is 182 g/mol. The molecule has 1 aromatic rings. The summed E-state index contributed by atoms with van der Waals surface area (Å²) in [6, 6.07) is -1.24. The number of rotatable bonds is 1. The van der Waals surface area contributed by atoms with Gasteiger partial charge >= 0.3 is 0 Å². The standard InChI is InChI=1S/C14H23N/c1-13(2,3)15(14(4,5)6)12-10-8-7-9-11-12/h7-11H,1-6H3/i7D,8D,9D,10D,11D. The van der Waals surface area contributed by atoms with Crippen molar-refractivity contribution in [3.63, 3.8) is 0 Å². The molecule has 1 rings (SSSR count). The van der Waals surface area contributed by atoms with Gasteiger partial charge in [0.15, 0.2) is 0 Å². The summed E-state index contributed by atoms with van der Waals surface area (Å²) in [7, 11) is 0. The van der Waals surface area contributed by atoms with E-state index in [1.165, 1.54) is 0 Å². The molecule has 0 heterocycles. The first kappa shape index (κ1) is 6.57. The van der Waals surface area contributed by atoms with E-state index >= 15 is 0 Å². The van der Waals surface area contributed by atoms with E-state index in [-0.39, 0.29) is 47.0 Å². The molecule has 1 nitrogen and oxygen atoms in total. The number of para-hydroxylation sites is 1. The molecule has 0 spiro atoms. The summed E-state index contributed by atoms with van der Waals surface area (Å²) in [5.74, 6) is 0. The second-order valence-corrected chi connectivity index (χ2v) is 5.65. The van der Waals surface area contributed by atoms with Gasteiger partial charge in [0.05, 0.1) is 6.85 Å². The van der Waals surface area contributed by atoms with Crippen LogP contribution in [0.25, 0.3) is 0 Å². The van der Waals surface area contributed by atoms with Crippen molar-refractivity contribution >= 4 is 5.69 Å². The molecular formula is C14H23N. The fraction of sp³-hybridized carbons (Fsp3) is 0.571. The second-order valence-electron chi connectivity index (χ2n) is 5.65. The highest BCUT2D eigenvalue weighted by atomic mass is 15.2. The molecule has 0 amide bonds. The van der Waals surface area contributed by atoms with Gasteiger partial charge in [0.1, 0.15) is 0 Å². The number of benzene rings is 1. The average Bonchev–Trinajstić information content (AvgIpc) is 2.26. The van der Waals surface area contributed by atoms with Crippen LogP contribution in [0.1, 0.15) is 48.4 Å². The third kappa shape index (κ3) is 2.98. The predicted octanol–water partition coefficient (Wildman–Crippen LogP) is 4.09. The molecule has 0 atom stereocenters. The second kappa shape index (κ2) is 3.88. The van der Waals surface area contributed by atoms with Gasteiger partial charge in [-0.3, -0.25) is 0 Å². The highest BCUT2D eigenvalue weighted by Gasteiger charge is 2.31. The number of hydrogen-bond donors (Lipinski definition) is 0. The zero-order valence-electron chi connectivity index (χ0n) is 15.4. The fourth-order valence-corrected chi connectivity index (χ4v) is 2.03. The van der Waals surface area contributed by atoms with E-state index in [9.17, 15) is 0 Å². The van der Waals surface area contributed by atoms with Gasteiger partial charge in [-0.25, -0.2) is 0 Å². The van der Waals surface area contributed by atoms with Crippen molar-refractivity contribution in [3.05, 3.63) is 30.2 Å². The minimum Gasteiger partial charge on any atom is -0.362 e. The van der Waals surface area contributed by atoms with E-state index in [2.05, 4.69) is 0 Å². The van der Waals surface area contributed by atoms with E-state index in [1.54, 1.807) is 0 Å². The number of hydrogen-bond acceptors (Lipinski definition) is 1. The van der Waals surface area contributed by atoms with Crippen LogP contribution in [0.5, 0.6) is 0 Å². The molecule has 84 valence electrons. The van der Waals surface area contributed by atoms with E-state index in [0.29, 0.717) is 0 Å². The molecule has 0 fully saturated rings. The molecule has 1 aromatic carbocycles. The van der Waals surface area contributed by atoms with Crippen molar-refractivity contribution in [1.29, 1.82) is 0 Å². The Bertz CT molecular complexity index is 483. The molecule has 0 aliphatic carbocycles. The number of nitrogens with zero attached hydrogens (tertiary/aromatic N) is 1. The summed E-state index contributed by atoms with van der Waals surface area (Å²) in [6.45, 7) is 11.8. The molecule has 0 saturated carbocycles. The maximum atomic E-state index is 8.11. The molecule has 1 heteroatoms. The lowest BCUT2D eigenvalue weighted by Gasteiger charge is -2.47. The molecule has 0 aromatic heterocycles. The van der Waals surface area contributed by atoms with Crippen LogP contribution in [0.3, 0.4) is 0 Å². The van der Waals surface area contributed by atoms with Gasteiger partial charge in [-0.1, -0.05) is 18.1 Å². The average molecular weight is 210 g/mol. The van der Waals surface area contributed by atoms with Crippen LogP contribution < -0.4 is 4.90 Å². The Morgan fingerprint density at radius 1 is 0.867 bits per heavy atom. The summed E-state index contributed by atoms with van der Waals surface area (Å²) in [5, 5.41) is 0. The van der Waals surface area contributed by atoms with Gasteiger partial charge < -0.3 is 4.90 Å². The topological polar surface area (TPSA) is 3.24 Å². The third-order valence-corrected chi connectivity index (χ3v) is 2.05. The lowest BCUT2D eigenvalue weighted by atomic mass is 9.95. The highest BCUT2D eigenvalue weighted by Crippen LogP contribution is 2.31. The normalized spacial score (nSPS) is 17.3. The monoisotopic (exact) mass is 210 g/mol. The van der Waals surface area contributed by atoms with Crippen LogP contribution in [-0.4, -0.2) is 11.1 Å². The van der Waals surface area contributed by atoms with Crippen molar-refractivity contribution in [2.24, 2.45) is 0 Å². The summed E-state index contributed by atoms with van der Waals surface area (Å²) >= 11 is 0. The Balaban J connectivity index is 3.76. The molecule has 0 aliphatic heterocycles. The van der Waals surface area contributed by atoms with E-state index in [4.69, 9.17) is 6.85 Å². The summed E-state index contributed by atoms with van der Waals surface area (Å²) in [5.41, 5.74) is -0.477. The molecule has 0 unspecified atom stereocenters. The molecule has 0 radical (unpaired) electrons. The Hall–Kier alpha value is -0.980. The molecule has 0 bridgehead atoms. The smallest absolute Gasteiger partial charge is 0.0645 e. The van der Waals surface area contributed by atoms with Crippen molar-refractivity contribution in [3.8, 4) is 0 Å². The lowest BCUT2D eigenvalue weighted by molar-refractivity contribution is 0.381. The Labute approximate surface area is 101 Å². The van der Waals surface area contributed by atoms with Crippen LogP contribution >= 0.6 is 0 Å². The third-order valence-electron chi connectivity index (χ3n) is 2.05. The number of anilines is 1. The van der Waals surface area contributed by atoms with Crippen molar-refractivity contribution < 1.29 is 6.85 Å². The Morgan fingerprint density at radius 2 is 1.27 bits per heavy atom. The van der Waals surface area contributed by atoms with Gasteiger partial charge in [0.2, 0.25) is 0 Å². The van der Waals surface area contributed by atoms with Crippen LogP contribution in [0, 0.1) is 0 Å². The predicted molar refractivity (Wildman–Crippen MR) is 68.4 cm³/mol. The summed E-state index contributed by atoms with van der Waals surface area (Å²) in [6.07, 6.45) is 0. The van der Waals surface area contributed by atoms with Crippen LogP contribution in [0.4, 0.5) is 5.69 Å². The van der Waals surface area contributed by atoms with Gasteiger partial charge in [-0.05, 0) is 53.6 Å². The summed E-state index contributed by atoms with van der Waals surface area (Å²) in [4.78, 5) is 1.89. The maximum Gasteiger partial charge on any atom is 0.0645 e. The molecule has 0 aliphatic rings. The molecule has 0 saturated heterocycles. The fourth-order valence-electron chi connectivity index (χ4n) is 2.03. The van der Waals surface area contributed by atoms with Gasteiger partial charge in [-0.2, -0.15) is 0 Å². The van der Waals surface area contributed by atoms with Gasteiger partial charge in [0.25, 0.3) is 0 Å². The zero-order chi connectivity index (χ0) is 16.0. The molecule has 15 heavy (non-hydrogen) atoms. The SMILES string of the molecule is [2H]c1c([2H])c([2H])c(N(C(C)(C)C)C(C)(C)C)c([2H])c1[2H]. The summed E-state index contributed by atoms with van der Waals surface area (Å²) < 4.78 is 39.5. The first-order valence-corrected chi connectivity index (χ1v) is 5.17. The van der Waals surface area contributed by atoms with Crippen LogP contribution in [-0.2, 0) is 0 Å². The maximum absolute atomic E-state index is 8.11. The quantitative estimate of drug-likeness (QED) is 0.675. The first-order valence-electron chi connectivity index (χ1n) is 7.67. The zero-order valence-corrected chi connectivity index (χ0v) is 10.4. The largest absolute Gasteiger partial charge is 0.362 e. The van der Waals surface area contributed by atoms with Crippen molar-refractivity contribution in [2.75, 3.05) is 4.90 Å². The minimum absolute atomic E-state index is 0.152. The Morgan fingerprint density at radius 3 is 1.60 bits per heavy atom. The molecule has 0 N–H and O–H groups in total. The minimum atomic E-state index is -0.369. The van der Waals surface area contributed by atoms with E-state index < -0.39 is 0 Å². The van der Waals surface area contributed by atoms with Crippen LogP contribution in [0.2, 0.25) is 0 Å². The van der Waals surface area contributed by atoms with E-state index in [0.717, 1.165) is 0 Å². The van der Waals surface area contributed by atoms with E-state index in [1.807, 2.05) is 46.4 Å². The van der Waals surface area contributed by atoms with Gasteiger partial charge in [0, 0.05) is 16.8 Å². The van der Waals surface area contributed by atoms with Crippen molar-refractivity contribution in [2.45, 2.75) is 52.6 Å².